The molecule has 0 bridgehead atoms. The Labute approximate surface area is 165 Å². The molecule has 0 aromatic heterocycles. The third-order valence-electron chi connectivity index (χ3n) is 4.15. The average Bonchev–Trinajstić information content (AvgIpc) is 2.71. The van der Waals surface area contributed by atoms with Gasteiger partial charge in [-0.3, -0.25) is 10.1 Å². The van der Waals surface area contributed by atoms with Crippen LogP contribution in [0.3, 0.4) is 0 Å². The number of nitrogens with zero attached hydrogens (tertiary/aromatic N) is 2. The smallest absolute Gasteiger partial charge is 0.315 e. The lowest BCUT2D eigenvalue weighted by Crippen LogP contribution is -2.06. The van der Waals surface area contributed by atoms with Crippen molar-refractivity contribution in [1.29, 1.82) is 0 Å². The van der Waals surface area contributed by atoms with Crippen LogP contribution in [0.4, 0.5) is 5.69 Å². The number of ether oxygens (including phenoxy) is 2. The Morgan fingerprint density at radius 3 is 2.64 bits per heavy atom. The second kappa shape index (κ2) is 11.6. The zero-order chi connectivity index (χ0) is 20.2. The van der Waals surface area contributed by atoms with Crippen LogP contribution < -0.4 is 14.9 Å². The van der Waals surface area contributed by atoms with E-state index in [1.165, 1.54) is 19.4 Å². The molecular weight excluding hydrogens is 358 g/mol. The minimum atomic E-state index is -0.460. The van der Waals surface area contributed by atoms with Gasteiger partial charge in [0, 0.05) is 11.6 Å². The van der Waals surface area contributed by atoms with Gasteiger partial charge < -0.3 is 14.9 Å². The molecule has 0 aliphatic carbocycles. The normalized spacial score (nSPS) is 10.8. The van der Waals surface area contributed by atoms with Gasteiger partial charge in [-0.2, -0.15) is 5.10 Å². The third kappa shape index (κ3) is 6.57. The maximum atomic E-state index is 11.5. The predicted molar refractivity (Wildman–Crippen MR) is 110 cm³/mol. The molecule has 0 atom stereocenters. The first-order valence-corrected chi connectivity index (χ1v) is 9.44. The lowest BCUT2D eigenvalue weighted by atomic mass is 10.1. The number of benzene rings is 2. The molecule has 0 heterocycles. The Hall–Kier alpha value is -3.09. The highest BCUT2D eigenvalue weighted by Crippen LogP contribution is 2.38. The number of hydrogen-bond donors (Lipinski definition) is 1. The van der Waals surface area contributed by atoms with Crippen LogP contribution >= 0.6 is 0 Å². The standard InChI is InChI=1S/C21H27N3O4/c1-3-4-5-9-12-28-21-19(24(25)26)13-18(14-20(21)27-2)16-23-22-15-17-10-7-6-8-11-17/h6-8,10-11,13-14,16,22H,3-5,9,12,15H2,1-2H3. The summed E-state index contributed by atoms with van der Waals surface area (Å²) < 4.78 is 11.0. The summed E-state index contributed by atoms with van der Waals surface area (Å²) in [5, 5.41) is 15.6. The largest absolute Gasteiger partial charge is 0.493 e. The summed E-state index contributed by atoms with van der Waals surface area (Å²) in [6.07, 6.45) is 5.65. The van der Waals surface area contributed by atoms with Crippen molar-refractivity contribution < 1.29 is 14.4 Å². The van der Waals surface area contributed by atoms with Crippen LogP contribution in [0.1, 0.15) is 43.7 Å². The monoisotopic (exact) mass is 385 g/mol. The summed E-state index contributed by atoms with van der Waals surface area (Å²) in [4.78, 5) is 11.0. The SMILES string of the molecule is CCCCCCOc1c(OC)cc(C=NNCc2ccccc2)cc1[N+](=O)[O-]. The number of nitro benzene ring substituents is 1. The van der Waals surface area contributed by atoms with Gasteiger partial charge in [0.25, 0.3) is 0 Å². The van der Waals surface area contributed by atoms with Crippen molar-refractivity contribution in [3.05, 3.63) is 63.7 Å². The molecule has 0 spiro atoms. The van der Waals surface area contributed by atoms with E-state index in [9.17, 15) is 10.1 Å². The molecule has 0 saturated carbocycles. The molecule has 7 heteroatoms. The Morgan fingerprint density at radius 2 is 1.96 bits per heavy atom. The van der Waals surface area contributed by atoms with Crippen LogP contribution in [0.5, 0.6) is 11.5 Å². The molecule has 2 rings (SSSR count). The molecule has 0 unspecified atom stereocenters. The van der Waals surface area contributed by atoms with E-state index in [0.29, 0.717) is 24.5 Å². The molecule has 0 amide bonds. The van der Waals surface area contributed by atoms with E-state index in [2.05, 4.69) is 17.5 Å². The molecule has 28 heavy (non-hydrogen) atoms. The van der Waals surface area contributed by atoms with E-state index in [-0.39, 0.29) is 11.4 Å². The van der Waals surface area contributed by atoms with Crippen LogP contribution in [-0.2, 0) is 6.54 Å². The van der Waals surface area contributed by atoms with Crippen LogP contribution in [0.2, 0.25) is 0 Å². The number of hydrazone groups is 1. The summed E-state index contributed by atoms with van der Waals surface area (Å²) in [6, 6.07) is 13.0. The maximum Gasteiger partial charge on any atom is 0.315 e. The highest BCUT2D eigenvalue weighted by molar-refractivity contribution is 5.83. The number of unbranched alkanes of at least 4 members (excludes halogenated alkanes) is 3. The minimum absolute atomic E-state index is 0.126. The van der Waals surface area contributed by atoms with Gasteiger partial charge in [-0.15, -0.1) is 0 Å². The van der Waals surface area contributed by atoms with Crippen molar-refractivity contribution in [2.24, 2.45) is 5.10 Å². The van der Waals surface area contributed by atoms with Crippen molar-refractivity contribution in [3.8, 4) is 11.5 Å². The molecule has 2 aromatic rings. The molecule has 0 aliphatic rings. The molecule has 0 aliphatic heterocycles. The van der Waals surface area contributed by atoms with Crippen molar-refractivity contribution in [2.45, 2.75) is 39.2 Å². The van der Waals surface area contributed by atoms with Gasteiger partial charge in [0.1, 0.15) is 0 Å². The van der Waals surface area contributed by atoms with Gasteiger partial charge in [-0.05, 0) is 18.1 Å². The first kappa shape index (κ1) is 21.2. The van der Waals surface area contributed by atoms with Gasteiger partial charge >= 0.3 is 5.69 Å². The van der Waals surface area contributed by atoms with Crippen LogP contribution in [-0.4, -0.2) is 24.9 Å². The Kier molecular flexibility index (Phi) is 8.78. The molecular formula is C21H27N3O4. The fourth-order valence-electron chi connectivity index (χ4n) is 2.67. The Balaban J connectivity index is 2.07. The molecule has 0 radical (unpaired) electrons. The van der Waals surface area contributed by atoms with Crippen LogP contribution in [0, 0.1) is 10.1 Å². The lowest BCUT2D eigenvalue weighted by molar-refractivity contribution is -0.386. The lowest BCUT2D eigenvalue weighted by Gasteiger charge is -2.12. The van der Waals surface area contributed by atoms with Gasteiger partial charge in [-0.25, -0.2) is 0 Å². The first-order chi connectivity index (χ1) is 13.7. The molecule has 150 valence electrons. The Bertz CT molecular complexity index is 779. The molecule has 0 saturated heterocycles. The molecule has 2 aromatic carbocycles. The maximum absolute atomic E-state index is 11.5. The fourth-order valence-corrected chi connectivity index (χ4v) is 2.67. The molecule has 0 fully saturated rings. The van der Waals surface area contributed by atoms with Gasteiger partial charge in [0.2, 0.25) is 5.75 Å². The molecule has 7 nitrogen and oxygen atoms in total. The minimum Gasteiger partial charge on any atom is -0.493 e. The van der Waals surface area contributed by atoms with Gasteiger partial charge in [0.05, 0.1) is 31.4 Å². The number of nitrogens with one attached hydrogen (secondary N) is 1. The summed E-state index contributed by atoms with van der Waals surface area (Å²) in [5.41, 5.74) is 4.46. The first-order valence-electron chi connectivity index (χ1n) is 9.44. The number of nitro groups is 1. The van der Waals surface area contributed by atoms with E-state index < -0.39 is 4.92 Å². The third-order valence-corrected chi connectivity index (χ3v) is 4.15. The van der Waals surface area contributed by atoms with Crippen molar-refractivity contribution in [3.63, 3.8) is 0 Å². The fraction of sp³-hybridized carbons (Fsp3) is 0.381. The molecule has 1 N–H and O–H groups in total. The average molecular weight is 385 g/mol. The summed E-state index contributed by atoms with van der Waals surface area (Å²) >= 11 is 0. The predicted octanol–water partition coefficient (Wildman–Crippen LogP) is 4.69. The zero-order valence-corrected chi connectivity index (χ0v) is 16.4. The van der Waals surface area contributed by atoms with Gasteiger partial charge in [0.15, 0.2) is 5.75 Å². The van der Waals surface area contributed by atoms with Crippen molar-refractivity contribution in [2.75, 3.05) is 13.7 Å². The van der Waals surface area contributed by atoms with E-state index in [1.54, 1.807) is 6.07 Å². The van der Waals surface area contributed by atoms with Crippen LogP contribution in [0.15, 0.2) is 47.6 Å². The van der Waals surface area contributed by atoms with E-state index >= 15 is 0 Å². The summed E-state index contributed by atoms with van der Waals surface area (Å²) in [7, 11) is 1.47. The van der Waals surface area contributed by atoms with E-state index in [4.69, 9.17) is 9.47 Å². The second-order valence-electron chi connectivity index (χ2n) is 6.32. The van der Waals surface area contributed by atoms with E-state index in [1.807, 2.05) is 30.3 Å². The second-order valence-corrected chi connectivity index (χ2v) is 6.32. The van der Waals surface area contributed by atoms with Crippen molar-refractivity contribution >= 4 is 11.9 Å². The zero-order valence-electron chi connectivity index (χ0n) is 16.4. The number of hydrogen-bond acceptors (Lipinski definition) is 6. The summed E-state index contributed by atoms with van der Waals surface area (Å²) in [5.74, 6) is 0.493. The van der Waals surface area contributed by atoms with Crippen LogP contribution in [0.25, 0.3) is 0 Å². The van der Waals surface area contributed by atoms with E-state index in [0.717, 1.165) is 31.2 Å². The topological polar surface area (TPSA) is 86.0 Å². The van der Waals surface area contributed by atoms with Crippen molar-refractivity contribution in [1.82, 2.24) is 5.43 Å². The van der Waals surface area contributed by atoms with Gasteiger partial charge in [-0.1, -0.05) is 56.5 Å². The Morgan fingerprint density at radius 1 is 1.18 bits per heavy atom. The number of rotatable bonds is 12. The quantitative estimate of drug-likeness (QED) is 0.248. The highest BCUT2D eigenvalue weighted by atomic mass is 16.6. The highest BCUT2D eigenvalue weighted by Gasteiger charge is 2.22. The summed E-state index contributed by atoms with van der Waals surface area (Å²) in [6.45, 7) is 3.11. The number of methoxy groups -OCH3 is 1.